The summed E-state index contributed by atoms with van der Waals surface area (Å²) in [5.41, 5.74) is 1.51. The maximum Gasteiger partial charge on any atom is 0.408 e. The zero-order chi connectivity index (χ0) is 27.4. The van der Waals surface area contributed by atoms with Crippen LogP contribution in [0.2, 0.25) is 0 Å². The number of aromatic nitrogens is 6. The van der Waals surface area contributed by atoms with Gasteiger partial charge in [-0.05, 0) is 30.2 Å². The van der Waals surface area contributed by atoms with Gasteiger partial charge in [0.15, 0.2) is 0 Å². The number of rotatable bonds is 6. The third-order valence-electron chi connectivity index (χ3n) is 7.15. The van der Waals surface area contributed by atoms with Crippen LogP contribution < -0.4 is 10.1 Å². The highest BCUT2D eigenvalue weighted by atomic mass is 19.4. The van der Waals surface area contributed by atoms with E-state index in [1.165, 1.54) is 11.6 Å². The van der Waals surface area contributed by atoms with Crippen molar-refractivity contribution in [2.45, 2.75) is 37.0 Å². The van der Waals surface area contributed by atoms with Crippen LogP contribution in [0.4, 0.5) is 23.5 Å². The molecule has 204 valence electrons. The molecule has 0 aliphatic carbocycles. The van der Waals surface area contributed by atoms with Gasteiger partial charge in [-0.1, -0.05) is 11.3 Å². The SMILES string of the molecule is [C-]#[N+]C1(N2CC[C@H](Nc3nc(OC)c4c(-c5ccc6nnn(CC(F)(F)F)c6c5)ccn4n3)[C@H](F)C2)COC1. The number of piperidine rings is 1. The first-order valence-electron chi connectivity index (χ1n) is 12.2. The molecule has 0 radical (unpaired) electrons. The Labute approximate surface area is 219 Å². The predicted octanol–water partition coefficient (Wildman–Crippen LogP) is 3.18. The van der Waals surface area contributed by atoms with Crippen molar-refractivity contribution in [3.63, 3.8) is 0 Å². The molecule has 0 unspecified atom stereocenters. The number of hydrogen-bond donors (Lipinski definition) is 1. The molecule has 2 saturated heterocycles. The van der Waals surface area contributed by atoms with E-state index in [0.29, 0.717) is 35.1 Å². The molecule has 0 bridgehead atoms. The van der Waals surface area contributed by atoms with Crippen LogP contribution in [-0.4, -0.2) is 92.0 Å². The van der Waals surface area contributed by atoms with Crippen LogP contribution in [0.3, 0.4) is 0 Å². The molecule has 2 aliphatic heterocycles. The summed E-state index contributed by atoms with van der Waals surface area (Å²) in [5.74, 6) is 0.373. The Balaban J connectivity index is 1.27. The second-order valence-corrected chi connectivity index (χ2v) is 9.62. The van der Waals surface area contributed by atoms with Gasteiger partial charge in [0.2, 0.25) is 11.8 Å². The van der Waals surface area contributed by atoms with Gasteiger partial charge >= 0.3 is 11.8 Å². The van der Waals surface area contributed by atoms with E-state index in [4.69, 9.17) is 16.0 Å². The molecular weight excluding hydrogens is 522 g/mol. The fraction of sp³-hybridized carbons (Fsp3) is 0.458. The number of benzene rings is 1. The molecular formula is C24H23F4N9O2. The molecule has 2 aliphatic rings. The van der Waals surface area contributed by atoms with Crippen LogP contribution in [0.5, 0.6) is 5.88 Å². The minimum absolute atomic E-state index is 0.0959. The second kappa shape index (κ2) is 9.31. The van der Waals surface area contributed by atoms with E-state index < -0.39 is 30.6 Å². The lowest BCUT2D eigenvalue weighted by molar-refractivity contribution is -0.142. The average Bonchev–Trinajstić information content (AvgIpc) is 3.48. The molecule has 0 saturated carbocycles. The van der Waals surface area contributed by atoms with Crippen LogP contribution in [0.25, 0.3) is 32.5 Å². The predicted molar refractivity (Wildman–Crippen MR) is 131 cm³/mol. The second-order valence-electron chi connectivity index (χ2n) is 9.62. The van der Waals surface area contributed by atoms with Crippen molar-refractivity contribution in [2.24, 2.45) is 0 Å². The summed E-state index contributed by atoms with van der Waals surface area (Å²) in [7, 11) is 1.44. The molecule has 15 heteroatoms. The summed E-state index contributed by atoms with van der Waals surface area (Å²) in [6.45, 7) is 7.40. The first-order chi connectivity index (χ1) is 18.7. The molecule has 4 aromatic rings. The van der Waals surface area contributed by atoms with Crippen molar-refractivity contribution >= 4 is 22.5 Å². The fourth-order valence-electron chi connectivity index (χ4n) is 5.06. The van der Waals surface area contributed by atoms with Gasteiger partial charge in [-0.25, -0.2) is 25.1 Å². The maximum atomic E-state index is 15.1. The number of likely N-dealkylation sites (tertiary alicyclic amines) is 1. The molecule has 0 spiro atoms. The largest absolute Gasteiger partial charge is 0.479 e. The zero-order valence-corrected chi connectivity index (χ0v) is 20.7. The van der Waals surface area contributed by atoms with Crippen LogP contribution in [0.15, 0.2) is 30.5 Å². The van der Waals surface area contributed by atoms with Crippen molar-refractivity contribution in [1.29, 1.82) is 0 Å². The maximum absolute atomic E-state index is 15.1. The van der Waals surface area contributed by atoms with Crippen molar-refractivity contribution in [1.82, 2.24) is 34.5 Å². The molecule has 2 fully saturated rings. The van der Waals surface area contributed by atoms with Crippen LogP contribution >= 0.6 is 0 Å². The highest BCUT2D eigenvalue weighted by Crippen LogP contribution is 2.34. The lowest BCUT2D eigenvalue weighted by Gasteiger charge is -2.43. The number of nitrogens with zero attached hydrogens (tertiary/aromatic N) is 8. The van der Waals surface area contributed by atoms with Gasteiger partial charge in [0.1, 0.15) is 37.0 Å². The van der Waals surface area contributed by atoms with Crippen molar-refractivity contribution < 1.29 is 27.0 Å². The first-order valence-corrected chi connectivity index (χ1v) is 12.2. The Bertz CT molecular complexity index is 1570. The van der Waals surface area contributed by atoms with E-state index >= 15 is 4.39 Å². The van der Waals surface area contributed by atoms with E-state index in [-0.39, 0.29) is 37.1 Å². The normalized spacial score (nSPS) is 21.5. The topological polar surface area (TPSA) is 99.0 Å². The van der Waals surface area contributed by atoms with Gasteiger partial charge in [-0.15, -0.1) is 10.2 Å². The summed E-state index contributed by atoms with van der Waals surface area (Å²) >= 11 is 0. The number of ether oxygens (including phenoxy) is 2. The number of alkyl halides is 4. The van der Waals surface area contributed by atoms with Crippen molar-refractivity contribution in [2.75, 3.05) is 38.7 Å². The molecule has 1 N–H and O–H groups in total. The quantitative estimate of drug-likeness (QED) is 0.292. The minimum Gasteiger partial charge on any atom is -0.479 e. The number of fused-ring (bicyclic) bond motifs is 2. The van der Waals surface area contributed by atoms with Crippen LogP contribution in [-0.2, 0) is 11.3 Å². The van der Waals surface area contributed by atoms with Crippen molar-refractivity contribution in [3.8, 4) is 17.0 Å². The molecule has 39 heavy (non-hydrogen) atoms. The van der Waals surface area contributed by atoms with Gasteiger partial charge in [-0.2, -0.15) is 18.2 Å². The number of hydrogen-bond acceptors (Lipinski definition) is 8. The molecule has 1 aromatic carbocycles. The minimum atomic E-state index is -4.45. The Morgan fingerprint density at radius 2 is 2.10 bits per heavy atom. The van der Waals surface area contributed by atoms with E-state index in [9.17, 15) is 13.2 Å². The Morgan fingerprint density at radius 1 is 1.28 bits per heavy atom. The Hall–Kier alpha value is -4.03. The standard InChI is InChI=1S/C24H23F4N9O2/c1-29-23(12-39-13-23)35-7-6-17(16(25)10-35)30-22-31-21(38-2)20-15(5-8-36(20)33-22)14-3-4-18-19(9-14)37(34-32-18)11-24(26,27)28/h3-5,8-9,16-17H,6-7,10-13H2,2H3,(H,30,33)/t16-,17+/m1/s1. The number of halogens is 4. The monoisotopic (exact) mass is 545 g/mol. The Morgan fingerprint density at radius 3 is 2.77 bits per heavy atom. The van der Waals surface area contributed by atoms with E-state index in [2.05, 4.69) is 30.6 Å². The lowest BCUT2D eigenvalue weighted by Crippen LogP contribution is -2.64. The fourth-order valence-corrected chi connectivity index (χ4v) is 5.06. The zero-order valence-electron chi connectivity index (χ0n) is 20.7. The average molecular weight is 546 g/mol. The summed E-state index contributed by atoms with van der Waals surface area (Å²) in [4.78, 5) is 9.95. The third-order valence-corrected chi connectivity index (χ3v) is 7.15. The van der Waals surface area contributed by atoms with E-state index in [0.717, 1.165) is 4.68 Å². The van der Waals surface area contributed by atoms with Crippen LogP contribution in [0.1, 0.15) is 6.42 Å². The summed E-state index contributed by atoms with van der Waals surface area (Å²) in [6, 6.07) is 6.08. The summed E-state index contributed by atoms with van der Waals surface area (Å²) in [5, 5.41) is 15.0. The first kappa shape index (κ1) is 25.3. The van der Waals surface area contributed by atoms with Gasteiger partial charge < -0.3 is 14.8 Å². The number of methoxy groups -OCH3 is 1. The molecule has 2 atom stereocenters. The highest BCUT2D eigenvalue weighted by Gasteiger charge is 2.53. The third kappa shape index (κ3) is 4.49. The molecule has 6 rings (SSSR count). The van der Waals surface area contributed by atoms with Gasteiger partial charge in [0, 0.05) is 24.8 Å². The summed E-state index contributed by atoms with van der Waals surface area (Å²) < 4.78 is 67.2. The van der Waals surface area contributed by atoms with Crippen molar-refractivity contribution in [3.05, 3.63) is 41.9 Å². The summed E-state index contributed by atoms with van der Waals surface area (Å²) in [6.07, 6.45) is -3.59. The molecule has 11 nitrogen and oxygen atoms in total. The lowest BCUT2D eigenvalue weighted by atomic mass is 9.97. The molecule has 3 aromatic heterocycles. The van der Waals surface area contributed by atoms with Gasteiger partial charge in [0.05, 0.1) is 18.7 Å². The van der Waals surface area contributed by atoms with Gasteiger partial charge in [0.25, 0.3) is 0 Å². The smallest absolute Gasteiger partial charge is 0.408 e. The number of anilines is 1. The number of nitrogens with one attached hydrogen (secondary N) is 1. The van der Waals surface area contributed by atoms with E-state index in [1.807, 2.05) is 4.90 Å². The molecule has 5 heterocycles. The van der Waals surface area contributed by atoms with Crippen LogP contribution in [0, 0.1) is 6.57 Å². The Kier molecular flexibility index (Phi) is 6.03. The van der Waals surface area contributed by atoms with E-state index in [1.54, 1.807) is 30.5 Å². The molecule has 0 amide bonds. The highest BCUT2D eigenvalue weighted by molar-refractivity contribution is 5.89. The van der Waals surface area contributed by atoms with Gasteiger partial charge in [-0.3, -0.25) is 4.85 Å².